The van der Waals surface area contributed by atoms with Gasteiger partial charge in [0.15, 0.2) is 5.78 Å². The second-order valence-corrected chi connectivity index (χ2v) is 9.95. The molecule has 4 rings (SSSR count). The molecule has 2 fully saturated rings. The molecule has 0 spiro atoms. The molecule has 0 aliphatic heterocycles. The number of carbonyl (C=O) groups excluding carboxylic acids is 2. The van der Waals surface area contributed by atoms with Crippen LogP contribution >= 0.6 is 12.4 Å². The van der Waals surface area contributed by atoms with Gasteiger partial charge in [-0.15, -0.1) is 12.4 Å². The Hall–Kier alpha value is -2.44. The summed E-state index contributed by atoms with van der Waals surface area (Å²) in [6.07, 6.45) is 9.98. The molecule has 0 aromatic heterocycles. The van der Waals surface area contributed by atoms with Crippen molar-refractivity contribution in [3.8, 4) is 0 Å². The summed E-state index contributed by atoms with van der Waals surface area (Å²) in [5.41, 5.74) is 2.43. The van der Waals surface area contributed by atoms with E-state index in [4.69, 9.17) is 0 Å². The summed E-state index contributed by atoms with van der Waals surface area (Å²) in [5, 5.41) is 9.92. The molecule has 2 aliphatic rings. The van der Waals surface area contributed by atoms with Crippen LogP contribution in [-0.2, 0) is 6.42 Å². The van der Waals surface area contributed by atoms with Crippen LogP contribution in [0.1, 0.15) is 74.2 Å². The van der Waals surface area contributed by atoms with Crippen molar-refractivity contribution < 1.29 is 14.0 Å². The number of rotatable bonds is 7. The molecule has 2 saturated carbocycles. The van der Waals surface area contributed by atoms with Crippen LogP contribution in [0.3, 0.4) is 0 Å². The van der Waals surface area contributed by atoms with E-state index in [9.17, 15) is 14.0 Å². The van der Waals surface area contributed by atoms with Crippen molar-refractivity contribution in [3.63, 3.8) is 0 Å². The topological polar surface area (TPSA) is 70.2 Å². The van der Waals surface area contributed by atoms with E-state index in [0.29, 0.717) is 23.2 Å². The minimum absolute atomic E-state index is 0. The predicted octanol–water partition coefficient (Wildman–Crippen LogP) is 6.27. The molecule has 5 nitrogen and oxygen atoms in total. The van der Waals surface area contributed by atoms with Crippen molar-refractivity contribution >= 4 is 29.9 Å². The fourth-order valence-corrected chi connectivity index (χ4v) is 5.44. The summed E-state index contributed by atoms with van der Waals surface area (Å²) in [4.78, 5) is 24.3. The second kappa shape index (κ2) is 13.0. The van der Waals surface area contributed by atoms with Gasteiger partial charge in [-0.25, -0.2) is 9.18 Å². The highest BCUT2D eigenvalue weighted by Crippen LogP contribution is 2.29. The van der Waals surface area contributed by atoms with E-state index in [2.05, 4.69) is 16.0 Å². The zero-order chi connectivity index (χ0) is 23.9. The van der Waals surface area contributed by atoms with Crippen molar-refractivity contribution in [2.45, 2.75) is 82.8 Å². The lowest BCUT2D eigenvalue weighted by atomic mass is 9.81. The predicted molar refractivity (Wildman–Crippen MR) is 141 cm³/mol. The third kappa shape index (κ3) is 8.04. The quantitative estimate of drug-likeness (QED) is 0.391. The average Bonchev–Trinajstić information content (AvgIpc) is 2.83. The van der Waals surface area contributed by atoms with Gasteiger partial charge in [0.1, 0.15) is 5.82 Å². The van der Waals surface area contributed by atoms with E-state index < -0.39 is 0 Å². The summed E-state index contributed by atoms with van der Waals surface area (Å²) in [5.74, 6) is 0.457. The van der Waals surface area contributed by atoms with E-state index in [-0.39, 0.29) is 42.1 Å². The van der Waals surface area contributed by atoms with Crippen molar-refractivity contribution in [1.29, 1.82) is 0 Å². The lowest BCUT2D eigenvalue weighted by Crippen LogP contribution is -2.55. The number of benzene rings is 2. The van der Waals surface area contributed by atoms with Gasteiger partial charge in [0, 0.05) is 29.4 Å². The van der Waals surface area contributed by atoms with Crippen LogP contribution in [0.25, 0.3) is 0 Å². The zero-order valence-electron chi connectivity index (χ0n) is 20.4. The van der Waals surface area contributed by atoms with E-state index in [1.807, 2.05) is 12.1 Å². The van der Waals surface area contributed by atoms with Gasteiger partial charge < -0.3 is 16.0 Å². The van der Waals surface area contributed by atoms with Crippen LogP contribution in [0.5, 0.6) is 0 Å². The number of anilines is 1. The van der Waals surface area contributed by atoms with Crippen LogP contribution < -0.4 is 16.0 Å². The number of halogens is 2. The molecule has 0 saturated heterocycles. The number of urea groups is 1. The minimum Gasteiger partial charge on any atom is -0.334 e. The highest BCUT2D eigenvalue weighted by atomic mass is 35.5. The molecular weight excluding hydrogens is 465 g/mol. The van der Waals surface area contributed by atoms with E-state index >= 15 is 0 Å². The fourth-order valence-electron chi connectivity index (χ4n) is 5.44. The first-order valence-corrected chi connectivity index (χ1v) is 12.7. The first kappa shape index (κ1) is 27.2. The third-order valence-corrected chi connectivity index (χ3v) is 7.34. The zero-order valence-corrected chi connectivity index (χ0v) is 21.2. The number of amides is 2. The summed E-state index contributed by atoms with van der Waals surface area (Å²) in [7, 11) is 0. The summed E-state index contributed by atoms with van der Waals surface area (Å²) < 4.78 is 13.2. The number of nitrogens with one attached hydrogen (secondary N) is 3. The molecule has 2 amide bonds. The number of carbonyl (C=O) groups is 2. The Balaban J connectivity index is 0.00000342. The highest BCUT2D eigenvalue weighted by molar-refractivity contribution is 5.96. The molecule has 7 heteroatoms. The number of hydrogen-bond acceptors (Lipinski definition) is 3. The van der Waals surface area contributed by atoms with Crippen LogP contribution in [0, 0.1) is 11.7 Å². The molecule has 0 radical (unpaired) electrons. The van der Waals surface area contributed by atoms with Crippen molar-refractivity contribution in [2.24, 2.45) is 5.92 Å². The van der Waals surface area contributed by atoms with Gasteiger partial charge in [0.25, 0.3) is 0 Å². The SMILES string of the molecule is CC(=O)c1cccc(NC(=O)NC2CCCC[C@H]2NC2CCC(Cc3ccc(F)cc3)CC2)c1.Cl. The molecule has 190 valence electrons. The van der Waals surface area contributed by atoms with Crippen molar-refractivity contribution in [1.82, 2.24) is 10.6 Å². The van der Waals surface area contributed by atoms with Gasteiger partial charge in [0.2, 0.25) is 0 Å². The highest BCUT2D eigenvalue weighted by Gasteiger charge is 2.30. The van der Waals surface area contributed by atoms with Gasteiger partial charge in [-0.2, -0.15) is 0 Å². The maximum atomic E-state index is 13.2. The molecule has 2 aliphatic carbocycles. The third-order valence-electron chi connectivity index (χ3n) is 7.34. The Morgan fingerprint density at radius 3 is 2.29 bits per heavy atom. The Kier molecular flexibility index (Phi) is 10.1. The van der Waals surface area contributed by atoms with Crippen molar-refractivity contribution in [2.75, 3.05) is 5.32 Å². The van der Waals surface area contributed by atoms with Gasteiger partial charge in [-0.05, 0) is 87.6 Å². The van der Waals surface area contributed by atoms with Gasteiger partial charge in [-0.3, -0.25) is 4.79 Å². The summed E-state index contributed by atoms with van der Waals surface area (Å²) in [6, 6.07) is 14.6. The Morgan fingerprint density at radius 1 is 0.914 bits per heavy atom. The normalized spacial score (nSPS) is 24.2. The molecule has 35 heavy (non-hydrogen) atoms. The standard InChI is InChI=1S/C28H36FN3O2.ClH/c1-19(33)22-5-4-6-25(18-22)31-28(34)32-27-8-3-2-7-26(27)30-24-15-11-21(12-16-24)17-20-9-13-23(29)14-10-20;/h4-6,9-10,13-14,18,21,24,26-27,30H,2-3,7-8,11-12,15-17H2,1H3,(H2,31,32,34);1H/t21?,24?,26-,27?;/m1./s1. The van der Waals surface area contributed by atoms with E-state index in [0.717, 1.165) is 38.5 Å². The molecule has 2 atom stereocenters. The van der Waals surface area contributed by atoms with Gasteiger partial charge in [0.05, 0.1) is 0 Å². The van der Waals surface area contributed by atoms with Crippen LogP contribution in [0.4, 0.5) is 14.9 Å². The van der Waals surface area contributed by atoms with Crippen molar-refractivity contribution in [3.05, 3.63) is 65.5 Å². The monoisotopic (exact) mass is 501 g/mol. The van der Waals surface area contributed by atoms with E-state index in [1.54, 1.807) is 36.4 Å². The fraction of sp³-hybridized carbons (Fsp3) is 0.500. The first-order chi connectivity index (χ1) is 16.5. The summed E-state index contributed by atoms with van der Waals surface area (Å²) in [6.45, 7) is 1.52. The Bertz CT molecular complexity index is 976. The molecule has 0 bridgehead atoms. The second-order valence-electron chi connectivity index (χ2n) is 9.95. The molecule has 2 aromatic rings. The van der Waals surface area contributed by atoms with Crippen LogP contribution in [0.15, 0.2) is 48.5 Å². The van der Waals surface area contributed by atoms with Gasteiger partial charge in [-0.1, -0.05) is 37.1 Å². The summed E-state index contributed by atoms with van der Waals surface area (Å²) >= 11 is 0. The lowest BCUT2D eigenvalue weighted by Gasteiger charge is -2.38. The minimum atomic E-state index is -0.220. The average molecular weight is 502 g/mol. The Morgan fingerprint density at radius 2 is 1.60 bits per heavy atom. The maximum absolute atomic E-state index is 13.2. The van der Waals surface area contributed by atoms with Crippen LogP contribution in [-0.4, -0.2) is 29.9 Å². The lowest BCUT2D eigenvalue weighted by molar-refractivity contribution is 0.101. The molecule has 3 N–H and O–H groups in total. The Labute approximate surface area is 214 Å². The molecule has 2 aromatic carbocycles. The van der Waals surface area contributed by atoms with Gasteiger partial charge >= 0.3 is 6.03 Å². The largest absolute Gasteiger partial charge is 0.334 e. The van der Waals surface area contributed by atoms with E-state index in [1.165, 1.54) is 31.7 Å². The molecule has 1 unspecified atom stereocenters. The number of Topliss-reactive ketones (excluding diaryl/α,β-unsaturated/α-hetero) is 1. The molecule has 0 heterocycles. The van der Waals surface area contributed by atoms with Crippen LogP contribution in [0.2, 0.25) is 0 Å². The number of ketones is 1. The maximum Gasteiger partial charge on any atom is 0.319 e. The molecular formula is C28H37ClFN3O2. The first-order valence-electron chi connectivity index (χ1n) is 12.7. The number of hydrogen-bond donors (Lipinski definition) is 3. The smallest absolute Gasteiger partial charge is 0.319 e.